The second-order valence-electron chi connectivity index (χ2n) is 4.88. The Balaban J connectivity index is 2.49. The molecule has 0 unspecified atom stereocenters. The highest BCUT2D eigenvalue weighted by Crippen LogP contribution is 2.15. The lowest BCUT2D eigenvalue weighted by Gasteiger charge is -2.20. The molecular weight excluding hydrogens is 294 g/mol. The van der Waals surface area contributed by atoms with Gasteiger partial charge >= 0.3 is 5.97 Å². The largest absolute Gasteiger partial charge is 0.481 e. The minimum Gasteiger partial charge on any atom is -0.481 e. The van der Waals surface area contributed by atoms with Gasteiger partial charge in [0.15, 0.2) is 0 Å². The fraction of sp³-hybridized carbons (Fsp3) is 0.500. The molecule has 1 N–H and O–H groups in total. The van der Waals surface area contributed by atoms with Crippen LogP contribution in [0.1, 0.15) is 25.8 Å². The monoisotopic (exact) mass is 311 g/mol. The van der Waals surface area contributed by atoms with Gasteiger partial charge in [0.05, 0.1) is 12.2 Å². The molecule has 0 aliphatic heterocycles. The van der Waals surface area contributed by atoms with Crippen molar-refractivity contribution >= 4 is 17.6 Å². The van der Waals surface area contributed by atoms with Gasteiger partial charge in [0.1, 0.15) is 6.04 Å². The average Bonchev–Trinajstić information content (AvgIpc) is 2.40. The van der Waals surface area contributed by atoms with Gasteiger partial charge in [0, 0.05) is 9.93 Å². The summed E-state index contributed by atoms with van der Waals surface area (Å²) in [6.45, 7) is 3.68. The summed E-state index contributed by atoms with van der Waals surface area (Å²) in [6.07, 6.45) is 0.436. The third-order valence-electron chi connectivity index (χ3n) is 2.93. The van der Waals surface area contributed by atoms with Crippen LogP contribution in [0.15, 0.2) is 29.4 Å². The smallest absolute Gasteiger partial charge is 0.312 e. The van der Waals surface area contributed by atoms with E-state index in [2.05, 4.69) is 10.0 Å². The van der Waals surface area contributed by atoms with Crippen molar-refractivity contribution < 1.29 is 14.6 Å². The molecule has 0 radical (unpaired) electrons. The molecule has 1 aromatic rings. The van der Waals surface area contributed by atoms with Gasteiger partial charge in [-0.15, -0.1) is 0 Å². The number of nitrogens with zero attached hydrogens (tertiary/aromatic N) is 3. The molecule has 0 bridgehead atoms. The molecule has 21 heavy (non-hydrogen) atoms. The zero-order valence-electron chi connectivity index (χ0n) is 11.9. The molecule has 0 aromatic heterocycles. The first-order valence-corrected chi connectivity index (χ1v) is 6.97. The third kappa shape index (κ3) is 6.49. The number of rotatable bonds is 8. The molecule has 0 saturated carbocycles. The van der Waals surface area contributed by atoms with Crippen molar-refractivity contribution in [3.63, 3.8) is 0 Å². The molecule has 0 amide bonds. The topological polar surface area (TPSA) is 95.3 Å². The predicted molar refractivity (Wildman–Crippen MR) is 80.4 cm³/mol. The Hall–Kier alpha value is -1.75. The number of carbonyl (C=O) groups is 1. The van der Waals surface area contributed by atoms with Crippen LogP contribution in [0.4, 0.5) is 0 Å². The molecule has 0 aliphatic carbocycles. The summed E-state index contributed by atoms with van der Waals surface area (Å²) in [7, 11) is 0. The lowest BCUT2D eigenvalue weighted by Crippen LogP contribution is -2.27. The van der Waals surface area contributed by atoms with E-state index in [0.717, 1.165) is 5.56 Å². The Morgan fingerprint density at radius 2 is 2.00 bits per heavy atom. The van der Waals surface area contributed by atoms with E-state index in [0.29, 0.717) is 11.4 Å². The molecule has 1 aromatic carbocycles. The Morgan fingerprint density at radius 1 is 1.38 bits per heavy atom. The molecule has 0 spiro atoms. The first-order valence-electron chi connectivity index (χ1n) is 6.59. The number of carboxylic acids is 1. The van der Waals surface area contributed by atoms with Gasteiger partial charge in [-0.25, -0.2) is 0 Å². The maximum atomic E-state index is 10.9. The van der Waals surface area contributed by atoms with Gasteiger partial charge in [-0.05, 0) is 49.9 Å². The van der Waals surface area contributed by atoms with Gasteiger partial charge in [-0.1, -0.05) is 28.8 Å². The van der Waals surface area contributed by atoms with E-state index in [4.69, 9.17) is 27.0 Å². The minimum absolute atomic E-state index is 0.0818. The Labute approximate surface area is 128 Å². The van der Waals surface area contributed by atoms with Crippen LogP contribution in [-0.2, 0) is 16.0 Å². The fourth-order valence-corrected chi connectivity index (χ4v) is 2.15. The van der Waals surface area contributed by atoms with Gasteiger partial charge in [0.25, 0.3) is 0 Å². The number of hydrogen-bond acceptors (Lipinski definition) is 3. The van der Waals surface area contributed by atoms with Crippen LogP contribution in [0.2, 0.25) is 5.02 Å². The second-order valence-corrected chi connectivity index (χ2v) is 5.32. The molecule has 1 rings (SSSR count). The number of azide groups is 1. The summed E-state index contributed by atoms with van der Waals surface area (Å²) < 4.78 is 5.73. The SMILES string of the molecule is C[C@H](C[C@H](N=[N+]=[N-])C(=O)O)O[C@@H](C)Cc1ccc(Cl)cc1. The normalized spacial score (nSPS) is 14.8. The zero-order chi connectivity index (χ0) is 15.8. The third-order valence-corrected chi connectivity index (χ3v) is 3.18. The predicted octanol–water partition coefficient (Wildman–Crippen LogP) is 3.83. The molecule has 3 atom stereocenters. The number of carboxylic acid groups (broad SMARTS) is 1. The molecule has 7 heteroatoms. The van der Waals surface area contributed by atoms with Gasteiger partial charge < -0.3 is 9.84 Å². The summed E-state index contributed by atoms with van der Waals surface area (Å²) >= 11 is 5.82. The number of hydrogen-bond donors (Lipinski definition) is 1. The highest BCUT2D eigenvalue weighted by molar-refractivity contribution is 6.30. The summed E-state index contributed by atoms with van der Waals surface area (Å²) in [5.41, 5.74) is 9.43. The van der Waals surface area contributed by atoms with E-state index in [-0.39, 0.29) is 18.6 Å². The van der Waals surface area contributed by atoms with Crippen molar-refractivity contribution in [2.45, 2.75) is 44.9 Å². The van der Waals surface area contributed by atoms with E-state index in [9.17, 15) is 4.79 Å². The minimum atomic E-state index is -1.14. The fourth-order valence-electron chi connectivity index (χ4n) is 2.03. The van der Waals surface area contributed by atoms with Crippen molar-refractivity contribution in [1.29, 1.82) is 0 Å². The summed E-state index contributed by atoms with van der Waals surface area (Å²) in [5, 5.41) is 12.8. The van der Waals surface area contributed by atoms with E-state index < -0.39 is 12.0 Å². The maximum absolute atomic E-state index is 10.9. The highest BCUT2D eigenvalue weighted by atomic mass is 35.5. The van der Waals surface area contributed by atoms with Crippen LogP contribution in [-0.4, -0.2) is 29.3 Å². The standard InChI is InChI=1S/C14H18ClN3O3/c1-9(7-11-3-5-12(15)6-4-11)21-10(2)8-13(14(19)20)17-18-16/h3-6,9-10,13H,7-8H2,1-2H3,(H,19,20)/t9-,10+,13-/m0/s1. The van der Waals surface area contributed by atoms with Crippen molar-refractivity contribution in [1.82, 2.24) is 0 Å². The Bertz CT molecular complexity index is 513. The first kappa shape index (κ1) is 17.3. The second kappa shape index (κ2) is 8.52. The summed E-state index contributed by atoms with van der Waals surface area (Å²) in [6, 6.07) is 6.37. The Kier molecular flexibility index (Phi) is 7.02. The highest BCUT2D eigenvalue weighted by Gasteiger charge is 2.20. The lowest BCUT2D eigenvalue weighted by molar-refractivity contribution is -0.139. The number of halogens is 1. The van der Waals surface area contributed by atoms with Gasteiger partial charge in [0.2, 0.25) is 0 Å². The molecule has 0 heterocycles. The molecular formula is C14H18ClN3O3. The van der Waals surface area contributed by atoms with E-state index in [1.807, 2.05) is 31.2 Å². The van der Waals surface area contributed by atoms with Gasteiger partial charge in [-0.3, -0.25) is 4.79 Å². The molecule has 6 nitrogen and oxygen atoms in total. The zero-order valence-corrected chi connectivity index (χ0v) is 12.7. The van der Waals surface area contributed by atoms with E-state index in [1.54, 1.807) is 6.92 Å². The van der Waals surface area contributed by atoms with E-state index in [1.165, 1.54) is 0 Å². The van der Waals surface area contributed by atoms with Crippen LogP contribution in [0.5, 0.6) is 0 Å². The quantitative estimate of drug-likeness (QED) is 0.449. The number of benzene rings is 1. The van der Waals surface area contributed by atoms with Crippen LogP contribution in [0, 0.1) is 0 Å². The van der Waals surface area contributed by atoms with E-state index >= 15 is 0 Å². The molecule has 0 saturated heterocycles. The van der Waals surface area contributed by atoms with Crippen molar-refractivity contribution in [2.75, 3.05) is 0 Å². The Morgan fingerprint density at radius 3 is 2.52 bits per heavy atom. The summed E-state index contributed by atoms with van der Waals surface area (Å²) in [5.74, 6) is -1.14. The average molecular weight is 312 g/mol. The van der Waals surface area contributed by atoms with Crippen LogP contribution < -0.4 is 0 Å². The van der Waals surface area contributed by atoms with Crippen molar-refractivity contribution in [3.05, 3.63) is 45.3 Å². The maximum Gasteiger partial charge on any atom is 0.312 e. The summed E-state index contributed by atoms with van der Waals surface area (Å²) in [4.78, 5) is 13.4. The van der Waals surface area contributed by atoms with Gasteiger partial charge in [-0.2, -0.15) is 0 Å². The lowest BCUT2D eigenvalue weighted by atomic mass is 10.1. The number of ether oxygens (including phenoxy) is 1. The van der Waals surface area contributed by atoms with Crippen LogP contribution in [0.3, 0.4) is 0 Å². The van der Waals surface area contributed by atoms with Crippen LogP contribution in [0.25, 0.3) is 10.4 Å². The van der Waals surface area contributed by atoms with Crippen molar-refractivity contribution in [3.8, 4) is 0 Å². The van der Waals surface area contributed by atoms with Crippen molar-refractivity contribution in [2.24, 2.45) is 5.11 Å². The molecule has 114 valence electrons. The molecule has 0 fully saturated rings. The first-order chi connectivity index (χ1) is 9.92. The van der Waals surface area contributed by atoms with Crippen LogP contribution >= 0.6 is 11.6 Å². The number of aliphatic carboxylic acids is 1. The molecule has 0 aliphatic rings.